The van der Waals surface area contributed by atoms with E-state index in [-0.39, 0.29) is 5.54 Å². The zero-order valence-electron chi connectivity index (χ0n) is 13.4. The maximum absolute atomic E-state index is 5.43. The molecular weight excluding hydrogens is 278 g/mol. The summed E-state index contributed by atoms with van der Waals surface area (Å²) in [5.74, 6) is 0. The van der Waals surface area contributed by atoms with E-state index in [1.54, 1.807) is 0 Å². The maximum atomic E-state index is 5.43. The van der Waals surface area contributed by atoms with E-state index in [9.17, 15) is 0 Å². The van der Waals surface area contributed by atoms with Gasteiger partial charge in [0, 0.05) is 17.8 Å². The fourth-order valence-corrected chi connectivity index (χ4v) is 3.24. The van der Waals surface area contributed by atoms with Gasteiger partial charge in [0.1, 0.15) is 0 Å². The minimum Gasteiger partial charge on any atom is -0.361 e. The number of anilines is 1. The number of thiocarbonyl (C=S) groups is 1. The van der Waals surface area contributed by atoms with Crippen molar-refractivity contribution in [1.82, 2.24) is 10.2 Å². The number of hydrogen-bond acceptors (Lipinski definition) is 2. The van der Waals surface area contributed by atoms with Crippen LogP contribution in [0.2, 0.25) is 0 Å². The van der Waals surface area contributed by atoms with E-state index in [4.69, 9.17) is 12.2 Å². The predicted octanol–water partition coefficient (Wildman–Crippen LogP) is 3.55. The number of hydrogen-bond donors (Lipinski definition) is 2. The summed E-state index contributed by atoms with van der Waals surface area (Å²) in [6, 6.07) is 8.30. The topological polar surface area (TPSA) is 27.3 Å². The summed E-state index contributed by atoms with van der Waals surface area (Å²) >= 11 is 5.43. The Balaban J connectivity index is 1.88. The van der Waals surface area contributed by atoms with Gasteiger partial charge in [0.2, 0.25) is 0 Å². The Morgan fingerprint density at radius 3 is 2.33 bits per heavy atom. The standard InChI is InChI=1S/C17H27N3S/c1-14-7-9-15(10-8-14)19-16(21)18-13-17(20(2)3)11-5-4-6-12-17/h7-10H,4-6,11-13H2,1-3H3,(H2,18,19,21). The van der Waals surface area contributed by atoms with Crippen LogP contribution < -0.4 is 10.6 Å². The first-order valence-corrected chi connectivity index (χ1v) is 8.22. The molecule has 1 aromatic rings. The molecule has 0 spiro atoms. The summed E-state index contributed by atoms with van der Waals surface area (Å²) in [6.45, 7) is 3.00. The summed E-state index contributed by atoms with van der Waals surface area (Å²) < 4.78 is 0. The smallest absolute Gasteiger partial charge is 0.170 e. The lowest BCUT2D eigenvalue weighted by Gasteiger charge is -2.43. The molecule has 0 unspecified atom stereocenters. The van der Waals surface area contributed by atoms with Gasteiger partial charge in [0.25, 0.3) is 0 Å². The molecule has 1 aromatic carbocycles. The van der Waals surface area contributed by atoms with Crippen LogP contribution in [0.3, 0.4) is 0 Å². The van der Waals surface area contributed by atoms with Crippen LogP contribution in [0.5, 0.6) is 0 Å². The fourth-order valence-electron chi connectivity index (χ4n) is 3.05. The van der Waals surface area contributed by atoms with Gasteiger partial charge < -0.3 is 15.5 Å². The third-order valence-electron chi connectivity index (χ3n) is 4.62. The van der Waals surface area contributed by atoms with Gasteiger partial charge in [0.05, 0.1) is 0 Å². The fraction of sp³-hybridized carbons (Fsp3) is 0.588. The Morgan fingerprint density at radius 1 is 1.14 bits per heavy atom. The summed E-state index contributed by atoms with van der Waals surface area (Å²) in [4.78, 5) is 2.37. The SMILES string of the molecule is Cc1ccc(NC(=S)NCC2(N(C)C)CCCCC2)cc1. The van der Waals surface area contributed by atoms with Crippen molar-refractivity contribution in [2.75, 3.05) is 26.0 Å². The van der Waals surface area contributed by atoms with Crippen LogP contribution in [-0.2, 0) is 0 Å². The second-order valence-electron chi connectivity index (χ2n) is 6.35. The average Bonchev–Trinajstić information content (AvgIpc) is 2.48. The minimum absolute atomic E-state index is 0.247. The molecule has 0 saturated heterocycles. The molecule has 1 fully saturated rings. The summed E-state index contributed by atoms with van der Waals surface area (Å²) in [7, 11) is 4.37. The van der Waals surface area contributed by atoms with Gasteiger partial charge >= 0.3 is 0 Å². The second-order valence-corrected chi connectivity index (χ2v) is 6.76. The van der Waals surface area contributed by atoms with Gasteiger partial charge in [0.15, 0.2) is 5.11 Å². The Bertz CT molecular complexity index is 461. The van der Waals surface area contributed by atoms with Crippen LogP contribution in [0, 0.1) is 6.92 Å². The molecule has 0 bridgehead atoms. The van der Waals surface area contributed by atoms with Gasteiger partial charge in [-0.05, 0) is 58.2 Å². The number of likely N-dealkylation sites (N-methyl/N-ethyl adjacent to an activating group) is 1. The van der Waals surface area contributed by atoms with Gasteiger partial charge in [-0.25, -0.2) is 0 Å². The van der Waals surface area contributed by atoms with Gasteiger partial charge in [-0.3, -0.25) is 0 Å². The molecule has 2 N–H and O–H groups in total. The summed E-state index contributed by atoms with van der Waals surface area (Å²) in [5.41, 5.74) is 2.55. The van der Waals surface area contributed by atoms with E-state index in [1.165, 1.54) is 37.7 Å². The molecular formula is C17H27N3S. The number of rotatable bonds is 4. The minimum atomic E-state index is 0.247. The molecule has 1 saturated carbocycles. The van der Waals surface area contributed by atoms with Crippen molar-refractivity contribution in [1.29, 1.82) is 0 Å². The largest absolute Gasteiger partial charge is 0.361 e. The van der Waals surface area contributed by atoms with Crippen LogP contribution in [-0.4, -0.2) is 36.2 Å². The lowest BCUT2D eigenvalue weighted by molar-refractivity contribution is 0.104. The third kappa shape index (κ3) is 4.42. The van der Waals surface area contributed by atoms with Gasteiger partial charge in [-0.15, -0.1) is 0 Å². The molecule has 0 amide bonds. The molecule has 2 rings (SSSR count). The number of nitrogens with zero attached hydrogens (tertiary/aromatic N) is 1. The average molecular weight is 305 g/mol. The first kappa shape index (κ1) is 16.2. The van der Waals surface area contributed by atoms with Crippen LogP contribution in [0.15, 0.2) is 24.3 Å². The van der Waals surface area contributed by atoms with E-state index in [0.717, 1.165) is 12.2 Å². The molecule has 0 radical (unpaired) electrons. The highest BCUT2D eigenvalue weighted by atomic mass is 32.1. The van der Waals surface area contributed by atoms with Gasteiger partial charge in [-0.1, -0.05) is 37.0 Å². The van der Waals surface area contributed by atoms with Crippen molar-refractivity contribution in [3.05, 3.63) is 29.8 Å². The monoisotopic (exact) mass is 305 g/mol. The molecule has 0 aliphatic heterocycles. The molecule has 0 heterocycles. The highest BCUT2D eigenvalue weighted by Crippen LogP contribution is 2.31. The maximum Gasteiger partial charge on any atom is 0.170 e. The summed E-state index contributed by atoms with van der Waals surface area (Å²) in [6.07, 6.45) is 6.50. The third-order valence-corrected chi connectivity index (χ3v) is 4.87. The van der Waals surface area contributed by atoms with Crippen molar-refractivity contribution in [3.63, 3.8) is 0 Å². The van der Waals surface area contributed by atoms with E-state index in [0.29, 0.717) is 5.11 Å². The Hall–Kier alpha value is -1.13. The van der Waals surface area contributed by atoms with Crippen LogP contribution in [0.4, 0.5) is 5.69 Å². The van der Waals surface area contributed by atoms with Crippen molar-refractivity contribution in [2.45, 2.75) is 44.6 Å². The lowest BCUT2D eigenvalue weighted by Crippen LogP contribution is -2.54. The number of nitrogens with one attached hydrogen (secondary N) is 2. The molecule has 0 aromatic heterocycles. The zero-order chi connectivity index (χ0) is 15.3. The molecule has 116 valence electrons. The predicted molar refractivity (Wildman–Crippen MR) is 94.9 cm³/mol. The van der Waals surface area contributed by atoms with Crippen LogP contribution in [0.25, 0.3) is 0 Å². The van der Waals surface area contributed by atoms with Crippen molar-refractivity contribution in [3.8, 4) is 0 Å². The summed E-state index contributed by atoms with van der Waals surface area (Å²) in [5, 5.41) is 7.40. The Morgan fingerprint density at radius 2 is 1.76 bits per heavy atom. The van der Waals surface area contributed by atoms with Crippen molar-refractivity contribution < 1.29 is 0 Å². The molecule has 4 heteroatoms. The molecule has 1 aliphatic rings. The van der Waals surface area contributed by atoms with Crippen molar-refractivity contribution in [2.24, 2.45) is 0 Å². The Kier molecular flexibility index (Phi) is 5.59. The highest BCUT2D eigenvalue weighted by Gasteiger charge is 2.34. The van der Waals surface area contributed by atoms with E-state index in [1.807, 2.05) is 0 Å². The van der Waals surface area contributed by atoms with E-state index < -0.39 is 0 Å². The second kappa shape index (κ2) is 7.23. The number of benzene rings is 1. The normalized spacial score (nSPS) is 17.5. The lowest BCUT2D eigenvalue weighted by atomic mass is 9.80. The van der Waals surface area contributed by atoms with E-state index in [2.05, 4.69) is 60.8 Å². The van der Waals surface area contributed by atoms with E-state index >= 15 is 0 Å². The first-order valence-electron chi connectivity index (χ1n) is 7.81. The first-order chi connectivity index (χ1) is 10.0. The van der Waals surface area contributed by atoms with Gasteiger partial charge in [-0.2, -0.15) is 0 Å². The quantitative estimate of drug-likeness (QED) is 0.832. The molecule has 21 heavy (non-hydrogen) atoms. The van der Waals surface area contributed by atoms with Crippen LogP contribution >= 0.6 is 12.2 Å². The zero-order valence-corrected chi connectivity index (χ0v) is 14.2. The molecule has 1 aliphatic carbocycles. The van der Waals surface area contributed by atoms with Crippen LogP contribution in [0.1, 0.15) is 37.7 Å². The highest BCUT2D eigenvalue weighted by molar-refractivity contribution is 7.80. The Labute approximate surface area is 134 Å². The molecule has 3 nitrogen and oxygen atoms in total. The van der Waals surface area contributed by atoms with Crippen molar-refractivity contribution >= 4 is 23.0 Å². The number of aryl methyl sites for hydroxylation is 1. The molecule has 0 atom stereocenters.